The molecule has 4 rings (SSSR count). The van der Waals surface area contributed by atoms with E-state index < -0.39 is 29.5 Å². The highest BCUT2D eigenvalue weighted by molar-refractivity contribution is 6.10. The van der Waals surface area contributed by atoms with Crippen LogP contribution in [0.5, 0.6) is 0 Å². The van der Waals surface area contributed by atoms with Crippen molar-refractivity contribution in [3.63, 3.8) is 0 Å². The Balaban J connectivity index is 1.71. The fourth-order valence-corrected chi connectivity index (χ4v) is 3.53. The summed E-state index contributed by atoms with van der Waals surface area (Å²) in [6.45, 7) is 0.496. The first kappa shape index (κ1) is 17.2. The molecule has 2 N–H and O–H groups in total. The molecule has 2 fully saturated rings. The van der Waals surface area contributed by atoms with Gasteiger partial charge in [0.05, 0.1) is 0 Å². The van der Waals surface area contributed by atoms with Crippen molar-refractivity contribution in [1.82, 2.24) is 15.8 Å². The van der Waals surface area contributed by atoms with Gasteiger partial charge in [-0.2, -0.15) is 5.01 Å². The molecular formula is C20H19N3O4. The monoisotopic (exact) mass is 365 g/mol. The van der Waals surface area contributed by atoms with Gasteiger partial charge < -0.3 is 10.1 Å². The normalized spacial score (nSPS) is 21.2. The molecule has 0 radical (unpaired) electrons. The highest BCUT2D eigenvalue weighted by atomic mass is 16.5. The summed E-state index contributed by atoms with van der Waals surface area (Å²) in [6, 6.07) is 17.3. The molecule has 2 aromatic rings. The number of rotatable bonds is 4. The van der Waals surface area contributed by atoms with Crippen LogP contribution < -0.4 is 10.7 Å². The minimum atomic E-state index is -1.40. The van der Waals surface area contributed by atoms with Crippen LogP contribution in [0.3, 0.4) is 0 Å². The van der Waals surface area contributed by atoms with E-state index in [1.165, 1.54) is 0 Å². The average molecular weight is 365 g/mol. The van der Waals surface area contributed by atoms with Gasteiger partial charge in [-0.25, -0.2) is 4.79 Å². The van der Waals surface area contributed by atoms with E-state index in [0.29, 0.717) is 24.2 Å². The molecule has 0 spiro atoms. The van der Waals surface area contributed by atoms with Crippen LogP contribution in [0.1, 0.15) is 24.0 Å². The summed E-state index contributed by atoms with van der Waals surface area (Å²) in [4.78, 5) is 38.4. The van der Waals surface area contributed by atoms with E-state index in [1.54, 1.807) is 48.5 Å². The van der Waals surface area contributed by atoms with Gasteiger partial charge >= 0.3 is 6.03 Å². The van der Waals surface area contributed by atoms with Gasteiger partial charge in [0.25, 0.3) is 11.8 Å². The molecule has 7 heteroatoms. The van der Waals surface area contributed by atoms with Crippen LogP contribution in [0.2, 0.25) is 0 Å². The number of benzene rings is 2. The molecule has 2 aliphatic heterocycles. The highest BCUT2D eigenvalue weighted by Gasteiger charge is 2.54. The molecule has 7 nitrogen and oxygen atoms in total. The van der Waals surface area contributed by atoms with E-state index in [1.807, 2.05) is 12.1 Å². The van der Waals surface area contributed by atoms with Crippen molar-refractivity contribution in [2.24, 2.45) is 0 Å². The maximum absolute atomic E-state index is 13.4. The Kier molecular flexibility index (Phi) is 4.37. The molecule has 2 heterocycles. The molecule has 138 valence electrons. The lowest BCUT2D eigenvalue weighted by molar-refractivity contribution is -0.142. The first-order valence-electron chi connectivity index (χ1n) is 8.83. The molecule has 0 unspecified atom stereocenters. The first-order chi connectivity index (χ1) is 13.1. The molecule has 2 aromatic carbocycles. The number of nitrogens with one attached hydrogen (secondary N) is 2. The standard InChI is InChI=1S/C20H19N3O4/c24-17(16-12-7-13-27-16)22-23-18(25)20(21-19(23)26,14-8-3-1-4-9-14)15-10-5-2-6-11-15/h1-6,8-11,16H,7,12-13H2,(H,21,26)(H,22,24)/t16-/m0/s1. The van der Waals surface area contributed by atoms with Gasteiger partial charge in [0.1, 0.15) is 6.10 Å². The van der Waals surface area contributed by atoms with Crippen molar-refractivity contribution < 1.29 is 19.1 Å². The molecule has 1 atom stereocenters. The maximum Gasteiger partial charge on any atom is 0.344 e. The smallest absolute Gasteiger partial charge is 0.344 e. The van der Waals surface area contributed by atoms with Crippen LogP contribution >= 0.6 is 0 Å². The summed E-state index contributed by atoms with van der Waals surface area (Å²) < 4.78 is 5.34. The van der Waals surface area contributed by atoms with Crippen LogP contribution in [0.4, 0.5) is 4.79 Å². The minimum Gasteiger partial charge on any atom is -0.368 e. The Hall–Kier alpha value is -3.19. The number of carbonyl (C=O) groups excluding carboxylic acids is 3. The molecule has 27 heavy (non-hydrogen) atoms. The third-order valence-corrected chi connectivity index (χ3v) is 4.88. The Bertz CT molecular complexity index is 824. The fourth-order valence-electron chi connectivity index (χ4n) is 3.53. The van der Waals surface area contributed by atoms with E-state index in [4.69, 9.17) is 4.74 Å². The zero-order valence-corrected chi connectivity index (χ0v) is 14.6. The Morgan fingerprint density at radius 2 is 1.63 bits per heavy atom. The van der Waals surface area contributed by atoms with Crippen molar-refractivity contribution in [2.45, 2.75) is 24.5 Å². The zero-order chi connectivity index (χ0) is 18.9. The van der Waals surface area contributed by atoms with Crippen molar-refractivity contribution in [2.75, 3.05) is 6.61 Å². The first-order valence-corrected chi connectivity index (χ1v) is 8.83. The van der Waals surface area contributed by atoms with E-state index in [2.05, 4.69) is 10.7 Å². The van der Waals surface area contributed by atoms with Crippen LogP contribution in [0.25, 0.3) is 0 Å². The van der Waals surface area contributed by atoms with Crippen LogP contribution in [-0.4, -0.2) is 35.6 Å². The number of carbonyl (C=O) groups is 3. The van der Waals surface area contributed by atoms with E-state index in [-0.39, 0.29) is 0 Å². The summed E-state index contributed by atoms with van der Waals surface area (Å²) >= 11 is 0. The average Bonchev–Trinajstić information content (AvgIpc) is 3.33. The SMILES string of the molecule is O=C(NN1C(=O)NC(c2ccccc2)(c2ccccc2)C1=O)[C@@H]1CCCO1. The molecule has 0 saturated carbocycles. The summed E-state index contributed by atoms with van der Waals surface area (Å²) in [7, 11) is 0. The summed E-state index contributed by atoms with van der Waals surface area (Å²) in [6.07, 6.45) is 0.697. The number of hydrogen-bond acceptors (Lipinski definition) is 4. The summed E-state index contributed by atoms with van der Waals surface area (Å²) in [5, 5.41) is 3.53. The number of ether oxygens (including phenoxy) is 1. The number of urea groups is 1. The number of nitrogens with zero attached hydrogens (tertiary/aromatic N) is 1. The Morgan fingerprint density at radius 3 is 2.15 bits per heavy atom. The van der Waals surface area contributed by atoms with Gasteiger partial charge in [-0.05, 0) is 24.0 Å². The van der Waals surface area contributed by atoms with E-state index in [9.17, 15) is 14.4 Å². The van der Waals surface area contributed by atoms with Crippen molar-refractivity contribution in [3.05, 3.63) is 71.8 Å². The van der Waals surface area contributed by atoms with Crippen molar-refractivity contribution in [1.29, 1.82) is 0 Å². The van der Waals surface area contributed by atoms with Gasteiger partial charge in [-0.15, -0.1) is 0 Å². The van der Waals surface area contributed by atoms with Crippen LogP contribution in [-0.2, 0) is 19.9 Å². The lowest BCUT2D eigenvalue weighted by Gasteiger charge is -2.28. The number of hydrogen-bond donors (Lipinski definition) is 2. The quantitative estimate of drug-likeness (QED) is 0.807. The number of hydrazine groups is 1. The van der Waals surface area contributed by atoms with Crippen molar-refractivity contribution in [3.8, 4) is 0 Å². The molecule has 4 amide bonds. The van der Waals surface area contributed by atoms with Gasteiger partial charge in [0.15, 0.2) is 5.54 Å². The Labute approximate surface area is 156 Å². The Morgan fingerprint density at radius 1 is 1.04 bits per heavy atom. The second-order valence-corrected chi connectivity index (χ2v) is 6.53. The third kappa shape index (κ3) is 2.86. The lowest BCUT2D eigenvalue weighted by atomic mass is 9.83. The number of amides is 4. The molecule has 2 saturated heterocycles. The fraction of sp³-hybridized carbons (Fsp3) is 0.250. The molecule has 2 aliphatic rings. The largest absolute Gasteiger partial charge is 0.368 e. The van der Waals surface area contributed by atoms with E-state index >= 15 is 0 Å². The topological polar surface area (TPSA) is 87.7 Å². The van der Waals surface area contributed by atoms with Crippen LogP contribution in [0.15, 0.2) is 60.7 Å². The molecule has 0 bridgehead atoms. The third-order valence-electron chi connectivity index (χ3n) is 4.88. The maximum atomic E-state index is 13.4. The van der Waals surface area contributed by atoms with Gasteiger partial charge in [-0.3, -0.25) is 15.0 Å². The van der Waals surface area contributed by atoms with Crippen molar-refractivity contribution >= 4 is 17.8 Å². The molecular weight excluding hydrogens is 346 g/mol. The van der Waals surface area contributed by atoms with Gasteiger partial charge in [-0.1, -0.05) is 60.7 Å². The zero-order valence-electron chi connectivity index (χ0n) is 14.6. The van der Waals surface area contributed by atoms with Gasteiger partial charge in [0, 0.05) is 6.61 Å². The summed E-state index contributed by atoms with van der Waals surface area (Å²) in [5.41, 5.74) is 2.25. The minimum absolute atomic E-state index is 0.493. The molecule has 0 aliphatic carbocycles. The van der Waals surface area contributed by atoms with Gasteiger partial charge in [0.2, 0.25) is 0 Å². The lowest BCUT2D eigenvalue weighted by Crippen LogP contribution is -2.51. The van der Waals surface area contributed by atoms with Crippen LogP contribution in [0, 0.1) is 0 Å². The van der Waals surface area contributed by atoms with E-state index in [0.717, 1.165) is 11.4 Å². The second kappa shape index (κ2) is 6.85. The molecule has 0 aromatic heterocycles. The highest BCUT2D eigenvalue weighted by Crippen LogP contribution is 2.35. The number of imide groups is 1. The second-order valence-electron chi connectivity index (χ2n) is 6.53. The predicted octanol–water partition coefficient (Wildman–Crippen LogP) is 1.69. The predicted molar refractivity (Wildman–Crippen MR) is 96.2 cm³/mol. The summed E-state index contributed by atoms with van der Waals surface area (Å²) in [5.74, 6) is -1.05.